The Balaban J connectivity index is 0.00000121. The molecule has 0 spiro atoms. The Morgan fingerprint density at radius 3 is 1.82 bits per heavy atom. The van der Waals surface area contributed by atoms with Crippen molar-refractivity contribution < 1.29 is 0 Å². The van der Waals surface area contributed by atoms with Crippen LogP contribution >= 0.6 is 0 Å². The molecule has 0 nitrogen and oxygen atoms in total. The van der Waals surface area contributed by atoms with Crippen LogP contribution in [0.2, 0.25) is 0 Å². The second-order valence-corrected chi connectivity index (χ2v) is 4.78. The molecule has 0 aliphatic heterocycles. The molecule has 1 rings (SSSR count). The fourth-order valence-electron chi connectivity index (χ4n) is 1.57. The zero-order chi connectivity index (χ0) is 13.5. The molecule has 94 valence electrons. The Kier molecular flexibility index (Phi) is 6.57. The van der Waals surface area contributed by atoms with Gasteiger partial charge in [0.15, 0.2) is 0 Å². The molecule has 1 aromatic rings. The van der Waals surface area contributed by atoms with Gasteiger partial charge >= 0.3 is 0 Å². The highest BCUT2D eigenvalue weighted by Crippen LogP contribution is 2.24. The lowest BCUT2D eigenvalue weighted by molar-refractivity contribution is 0.590. The van der Waals surface area contributed by atoms with Crippen LogP contribution < -0.4 is 0 Å². The lowest BCUT2D eigenvalue weighted by Gasteiger charge is -2.19. The lowest BCUT2D eigenvalue weighted by atomic mass is 9.86. The number of hydrogen-bond donors (Lipinski definition) is 0. The van der Waals surface area contributed by atoms with Gasteiger partial charge in [-0.1, -0.05) is 77.6 Å². The van der Waals surface area contributed by atoms with Crippen LogP contribution in [0.15, 0.2) is 43.0 Å². The third-order valence-electron chi connectivity index (χ3n) is 2.62. The van der Waals surface area contributed by atoms with Gasteiger partial charge in [-0.3, -0.25) is 0 Å². The normalized spacial score (nSPS) is 11.5. The summed E-state index contributed by atoms with van der Waals surface area (Å²) < 4.78 is 0. The van der Waals surface area contributed by atoms with Crippen molar-refractivity contribution in [1.82, 2.24) is 0 Å². The Bertz CT molecular complexity index is 358. The lowest BCUT2D eigenvalue weighted by Crippen LogP contribution is -2.10. The van der Waals surface area contributed by atoms with E-state index in [2.05, 4.69) is 57.7 Å². The Labute approximate surface area is 107 Å². The van der Waals surface area contributed by atoms with Crippen molar-refractivity contribution in [3.63, 3.8) is 0 Å². The van der Waals surface area contributed by atoms with E-state index in [9.17, 15) is 0 Å². The summed E-state index contributed by atoms with van der Waals surface area (Å²) >= 11 is 0. The minimum Gasteiger partial charge on any atom is -0.0985 e. The number of allylic oxidation sites excluding steroid dienone is 3. The zero-order valence-corrected chi connectivity index (χ0v) is 12.2. The van der Waals surface area contributed by atoms with Crippen molar-refractivity contribution >= 4 is 5.57 Å². The number of benzene rings is 1. The molecule has 0 aromatic heterocycles. The summed E-state index contributed by atoms with van der Waals surface area (Å²) in [6.45, 7) is 16.5. The van der Waals surface area contributed by atoms with Crippen molar-refractivity contribution in [2.24, 2.45) is 0 Å². The molecule has 0 N–H and O–H groups in total. The van der Waals surface area contributed by atoms with Crippen LogP contribution in [0, 0.1) is 0 Å². The molecule has 0 heterocycles. The van der Waals surface area contributed by atoms with E-state index in [1.807, 2.05) is 26.8 Å². The monoisotopic (exact) mass is 230 g/mol. The average Bonchev–Trinajstić information content (AvgIpc) is 2.33. The van der Waals surface area contributed by atoms with E-state index in [1.165, 1.54) is 16.7 Å². The zero-order valence-electron chi connectivity index (χ0n) is 12.2. The first-order chi connectivity index (χ1) is 7.99. The second-order valence-electron chi connectivity index (χ2n) is 4.78. The molecule has 0 unspecified atom stereocenters. The first-order valence-electron chi connectivity index (χ1n) is 6.38. The first kappa shape index (κ1) is 15.7. The molecule has 17 heavy (non-hydrogen) atoms. The average molecular weight is 230 g/mol. The van der Waals surface area contributed by atoms with Crippen LogP contribution in [-0.4, -0.2) is 0 Å². The predicted octanol–water partition coefficient (Wildman–Crippen LogP) is 5.60. The Morgan fingerprint density at radius 2 is 1.53 bits per heavy atom. The van der Waals surface area contributed by atoms with Gasteiger partial charge < -0.3 is 0 Å². The minimum absolute atomic E-state index is 0.225. The summed E-state index contributed by atoms with van der Waals surface area (Å²) in [5.74, 6) is 0. The summed E-state index contributed by atoms with van der Waals surface area (Å²) in [6, 6.07) is 8.72. The van der Waals surface area contributed by atoms with Gasteiger partial charge in [-0.2, -0.15) is 0 Å². The highest BCUT2D eigenvalue weighted by atomic mass is 14.2. The van der Waals surface area contributed by atoms with E-state index in [4.69, 9.17) is 0 Å². The standard InChI is InChI=1S/C15H20.C2H6/c1-6-12(7-2)13-8-10-14(11-9-13)15(3,4)5;1-2/h6-11H,1H2,2-5H3;1-2H3/b12-7+;. The van der Waals surface area contributed by atoms with Gasteiger partial charge in [0.25, 0.3) is 0 Å². The maximum absolute atomic E-state index is 3.81. The molecule has 0 amide bonds. The molecular formula is C17H26. The van der Waals surface area contributed by atoms with Crippen LogP contribution in [0.1, 0.15) is 52.7 Å². The van der Waals surface area contributed by atoms with E-state index < -0.39 is 0 Å². The van der Waals surface area contributed by atoms with Gasteiger partial charge in [-0.25, -0.2) is 0 Å². The summed E-state index contributed by atoms with van der Waals surface area (Å²) in [4.78, 5) is 0. The molecule has 0 heteroatoms. The third-order valence-corrected chi connectivity index (χ3v) is 2.62. The molecule has 0 radical (unpaired) electrons. The SMILES string of the molecule is C=C/C(=C\C)c1ccc(C(C)(C)C)cc1.CC. The Hall–Kier alpha value is -1.30. The molecular weight excluding hydrogens is 204 g/mol. The second kappa shape index (κ2) is 7.11. The maximum Gasteiger partial charge on any atom is -0.0132 e. The van der Waals surface area contributed by atoms with Crippen LogP contribution in [-0.2, 0) is 5.41 Å². The topological polar surface area (TPSA) is 0 Å². The largest absolute Gasteiger partial charge is 0.0985 e. The molecule has 0 saturated carbocycles. The van der Waals surface area contributed by atoms with Crippen LogP contribution in [0.3, 0.4) is 0 Å². The van der Waals surface area contributed by atoms with Gasteiger partial charge in [0, 0.05) is 0 Å². The van der Waals surface area contributed by atoms with Crippen molar-refractivity contribution in [3.8, 4) is 0 Å². The molecule has 0 aliphatic carbocycles. The van der Waals surface area contributed by atoms with E-state index in [1.54, 1.807) is 0 Å². The van der Waals surface area contributed by atoms with Crippen molar-refractivity contribution in [2.75, 3.05) is 0 Å². The predicted molar refractivity (Wildman–Crippen MR) is 80.3 cm³/mol. The fourth-order valence-corrected chi connectivity index (χ4v) is 1.57. The molecule has 0 fully saturated rings. The summed E-state index contributed by atoms with van der Waals surface area (Å²) in [6.07, 6.45) is 3.98. The van der Waals surface area contributed by atoms with Gasteiger partial charge in [-0.15, -0.1) is 0 Å². The molecule has 0 saturated heterocycles. The summed E-state index contributed by atoms with van der Waals surface area (Å²) in [5, 5.41) is 0. The van der Waals surface area contributed by atoms with E-state index in [-0.39, 0.29) is 5.41 Å². The van der Waals surface area contributed by atoms with Crippen molar-refractivity contribution in [3.05, 3.63) is 54.1 Å². The van der Waals surface area contributed by atoms with Gasteiger partial charge in [-0.05, 0) is 29.0 Å². The number of hydrogen-bond acceptors (Lipinski definition) is 0. The molecule has 0 aliphatic rings. The third kappa shape index (κ3) is 4.60. The minimum atomic E-state index is 0.225. The maximum atomic E-state index is 3.81. The highest BCUT2D eigenvalue weighted by molar-refractivity contribution is 5.73. The fraction of sp³-hybridized carbons (Fsp3) is 0.412. The van der Waals surface area contributed by atoms with E-state index >= 15 is 0 Å². The summed E-state index contributed by atoms with van der Waals surface area (Å²) in [5.41, 5.74) is 4.02. The first-order valence-corrected chi connectivity index (χ1v) is 6.38. The Morgan fingerprint density at radius 1 is 1.06 bits per heavy atom. The van der Waals surface area contributed by atoms with Gasteiger partial charge in [0.2, 0.25) is 0 Å². The smallest absolute Gasteiger partial charge is 0.0132 e. The van der Waals surface area contributed by atoms with Crippen molar-refractivity contribution in [1.29, 1.82) is 0 Å². The van der Waals surface area contributed by atoms with Gasteiger partial charge in [0.05, 0.1) is 0 Å². The molecule has 0 atom stereocenters. The summed E-state index contributed by atoms with van der Waals surface area (Å²) in [7, 11) is 0. The number of rotatable bonds is 2. The quantitative estimate of drug-likeness (QED) is 0.580. The van der Waals surface area contributed by atoms with E-state index in [0.717, 1.165) is 0 Å². The van der Waals surface area contributed by atoms with Crippen LogP contribution in [0.4, 0.5) is 0 Å². The van der Waals surface area contributed by atoms with Gasteiger partial charge in [0.1, 0.15) is 0 Å². The molecule has 1 aromatic carbocycles. The van der Waals surface area contributed by atoms with Crippen LogP contribution in [0.25, 0.3) is 5.57 Å². The molecule has 0 bridgehead atoms. The van der Waals surface area contributed by atoms with Crippen LogP contribution in [0.5, 0.6) is 0 Å². The highest BCUT2D eigenvalue weighted by Gasteiger charge is 2.12. The van der Waals surface area contributed by atoms with E-state index in [0.29, 0.717) is 0 Å². The van der Waals surface area contributed by atoms with Crippen molar-refractivity contribution in [2.45, 2.75) is 47.0 Å².